The fourth-order valence-corrected chi connectivity index (χ4v) is 3.24. The van der Waals surface area contributed by atoms with Crippen molar-refractivity contribution in [3.05, 3.63) is 0 Å². The summed E-state index contributed by atoms with van der Waals surface area (Å²) in [5.41, 5.74) is -0.412. The molecule has 2 rings (SSSR count). The summed E-state index contributed by atoms with van der Waals surface area (Å²) in [7, 11) is 3.67. The molecule has 2 unspecified atom stereocenters. The number of piperidine rings is 1. The van der Waals surface area contributed by atoms with Gasteiger partial charge in [-0.25, -0.2) is 0 Å². The maximum atomic E-state index is 12.0. The zero-order chi connectivity index (χ0) is 12.3. The zero-order valence-electron chi connectivity index (χ0n) is 11.0. The Morgan fingerprint density at radius 1 is 1.47 bits per heavy atom. The molecule has 2 saturated heterocycles. The van der Waals surface area contributed by atoms with Crippen LogP contribution in [-0.4, -0.2) is 49.7 Å². The van der Waals surface area contributed by atoms with Crippen LogP contribution in [-0.2, 0) is 9.53 Å². The van der Waals surface area contributed by atoms with Gasteiger partial charge in [0.05, 0.1) is 7.11 Å². The van der Waals surface area contributed by atoms with Crippen LogP contribution in [0.2, 0.25) is 0 Å². The van der Waals surface area contributed by atoms with Gasteiger partial charge in [0.25, 0.3) is 0 Å². The molecule has 17 heavy (non-hydrogen) atoms. The molecule has 1 N–H and O–H groups in total. The number of methoxy groups -OCH3 is 1. The van der Waals surface area contributed by atoms with Crippen molar-refractivity contribution in [1.82, 2.24) is 10.2 Å². The Balaban J connectivity index is 2.04. The highest BCUT2D eigenvalue weighted by atomic mass is 16.5. The lowest BCUT2D eigenvalue weighted by Crippen LogP contribution is -2.53. The lowest BCUT2D eigenvalue weighted by molar-refractivity contribution is -0.149. The Labute approximate surface area is 104 Å². The highest BCUT2D eigenvalue weighted by Crippen LogP contribution is 2.30. The summed E-state index contributed by atoms with van der Waals surface area (Å²) >= 11 is 0. The van der Waals surface area contributed by atoms with Gasteiger partial charge in [-0.1, -0.05) is 6.42 Å². The molecule has 98 valence electrons. The van der Waals surface area contributed by atoms with E-state index in [2.05, 4.69) is 17.3 Å². The van der Waals surface area contributed by atoms with Gasteiger partial charge in [0.1, 0.15) is 5.54 Å². The predicted molar refractivity (Wildman–Crippen MR) is 66.9 cm³/mol. The van der Waals surface area contributed by atoms with Gasteiger partial charge in [0, 0.05) is 6.04 Å². The number of ether oxygens (including phenoxy) is 1. The van der Waals surface area contributed by atoms with Crippen LogP contribution >= 0.6 is 0 Å². The number of hydrogen-bond donors (Lipinski definition) is 1. The van der Waals surface area contributed by atoms with E-state index in [1.165, 1.54) is 26.4 Å². The van der Waals surface area contributed by atoms with Crippen molar-refractivity contribution in [2.24, 2.45) is 0 Å². The number of esters is 1. The standard InChI is InChI=1S/C13H24N2O2/c1-15-9-4-3-6-11(15)10-13(12(16)17-2)7-5-8-14-13/h11,14H,3-10H2,1-2H3. The number of nitrogens with one attached hydrogen (secondary N) is 1. The molecule has 0 aromatic carbocycles. The average Bonchev–Trinajstić information content (AvgIpc) is 2.81. The number of hydrogen-bond acceptors (Lipinski definition) is 4. The molecule has 2 atom stereocenters. The zero-order valence-corrected chi connectivity index (χ0v) is 11.0. The molecule has 4 heteroatoms. The van der Waals surface area contributed by atoms with Crippen LogP contribution in [0.25, 0.3) is 0 Å². The smallest absolute Gasteiger partial charge is 0.326 e. The second-order valence-electron chi connectivity index (χ2n) is 5.44. The molecule has 0 aromatic heterocycles. The van der Waals surface area contributed by atoms with Gasteiger partial charge in [-0.05, 0) is 52.2 Å². The van der Waals surface area contributed by atoms with Crippen LogP contribution in [0, 0.1) is 0 Å². The highest BCUT2D eigenvalue weighted by molar-refractivity contribution is 5.81. The Kier molecular flexibility index (Phi) is 4.05. The summed E-state index contributed by atoms with van der Waals surface area (Å²) in [6, 6.07) is 0.522. The first-order chi connectivity index (χ1) is 8.18. The van der Waals surface area contributed by atoms with Crippen molar-refractivity contribution in [1.29, 1.82) is 0 Å². The van der Waals surface area contributed by atoms with Gasteiger partial charge >= 0.3 is 5.97 Å². The van der Waals surface area contributed by atoms with E-state index in [9.17, 15) is 4.79 Å². The van der Waals surface area contributed by atoms with Crippen molar-refractivity contribution in [2.75, 3.05) is 27.2 Å². The van der Waals surface area contributed by atoms with Crippen molar-refractivity contribution in [3.63, 3.8) is 0 Å². The van der Waals surface area contributed by atoms with Gasteiger partial charge < -0.3 is 15.0 Å². The average molecular weight is 240 g/mol. The Bertz CT molecular complexity index is 275. The number of carbonyl (C=O) groups excluding carboxylic acids is 1. The van der Waals surface area contributed by atoms with Gasteiger partial charge in [-0.2, -0.15) is 0 Å². The van der Waals surface area contributed by atoms with Crippen LogP contribution < -0.4 is 5.32 Å². The molecule has 0 bridgehead atoms. The fourth-order valence-electron chi connectivity index (χ4n) is 3.24. The van der Waals surface area contributed by atoms with Gasteiger partial charge in [0.15, 0.2) is 0 Å². The molecule has 0 aromatic rings. The first-order valence-electron chi connectivity index (χ1n) is 6.72. The SMILES string of the molecule is COC(=O)C1(CC2CCCCN2C)CCCN1. The summed E-state index contributed by atoms with van der Waals surface area (Å²) in [6.45, 7) is 2.09. The molecule has 4 nitrogen and oxygen atoms in total. The van der Waals surface area contributed by atoms with E-state index < -0.39 is 5.54 Å². The Morgan fingerprint density at radius 2 is 2.29 bits per heavy atom. The molecular weight excluding hydrogens is 216 g/mol. The molecular formula is C13H24N2O2. The number of rotatable bonds is 3. The lowest BCUT2D eigenvalue weighted by atomic mass is 9.85. The van der Waals surface area contributed by atoms with Crippen molar-refractivity contribution in [3.8, 4) is 0 Å². The summed E-state index contributed by atoms with van der Waals surface area (Å²) in [5.74, 6) is -0.0750. The normalized spacial score (nSPS) is 34.8. The molecule has 0 saturated carbocycles. The molecule has 0 amide bonds. The van der Waals surface area contributed by atoms with E-state index in [-0.39, 0.29) is 5.97 Å². The second-order valence-corrected chi connectivity index (χ2v) is 5.44. The number of nitrogens with zero attached hydrogens (tertiary/aromatic N) is 1. The first kappa shape index (κ1) is 12.8. The molecule has 0 spiro atoms. The number of likely N-dealkylation sites (tertiary alicyclic amines) is 1. The molecule has 2 aliphatic rings. The van der Waals surface area contributed by atoms with E-state index in [1.807, 2.05) is 0 Å². The van der Waals surface area contributed by atoms with Crippen LogP contribution in [0.4, 0.5) is 0 Å². The quantitative estimate of drug-likeness (QED) is 0.752. The summed E-state index contributed by atoms with van der Waals surface area (Å²) in [4.78, 5) is 14.4. The van der Waals surface area contributed by atoms with Gasteiger partial charge in [0.2, 0.25) is 0 Å². The predicted octanol–water partition coefficient (Wildman–Crippen LogP) is 1.16. The first-order valence-corrected chi connectivity index (χ1v) is 6.72. The van der Waals surface area contributed by atoms with Crippen molar-refractivity contribution < 1.29 is 9.53 Å². The minimum Gasteiger partial charge on any atom is -0.468 e. The fraction of sp³-hybridized carbons (Fsp3) is 0.923. The van der Waals surface area contributed by atoms with Crippen LogP contribution in [0.15, 0.2) is 0 Å². The van der Waals surface area contributed by atoms with Crippen LogP contribution in [0.3, 0.4) is 0 Å². The van der Waals surface area contributed by atoms with E-state index in [0.717, 1.165) is 32.4 Å². The molecule has 0 radical (unpaired) electrons. The summed E-state index contributed by atoms with van der Waals surface area (Å²) in [5, 5.41) is 3.39. The van der Waals surface area contributed by atoms with Gasteiger partial charge in [-0.3, -0.25) is 4.79 Å². The minimum absolute atomic E-state index is 0.0750. The van der Waals surface area contributed by atoms with E-state index >= 15 is 0 Å². The van der Waals surface area contributed by atoms with E-state index in [1.54, 1.807) is 0 Å². The molecule has 0 aliphatic carbocycles. The van der Waals surface area contributed by atoms with Crippen LogP contribution in [0.5, 0.6) is 0 Å². The summed E-state index contributed by atoms with van der Waals surface area (Å²) in [6.07, 6.45) is 6.67. The maximum absolute atomic E-state index is 12.0. The van der Waals surface area contributed by atoms with E-state index in [0.29, 0.717) is 6.04 Å². The third kappa shape index (κ3) is 2.63. The molecule has 2 aliphatic heterocycles. The third-order valence-electron chi connectivity index (χ3n) is 4.33. The maximum Gasteiger partial charge on any atom is 0.326 e. The molecule has 2 fully saturated rings. The largest absolute Gasteiger partial charge is 0.468 e. The lowest BCUT2D eigenvalue weighted by Gasteiger charge is -2.38. The topological polar surface area (TPSA) is 41.6 Å². The Hall–Kier alpha value is -0.610. The monoisotopic (exact) mass is 240 g/mol. The highest BCUT2D eigenvalue weighted by Gasteiger charge is 2.44. The van der Waals surface area contributed by atoms with Gasteiger partial charge in [-0.15, -0.1) is 0 Å². The second kappa shape index (κ2) is 5.36. The third-order valence-corrected chi connectivity index (χ3v) is 4.33. The summed E-state index contributed by atoms with van der Waals surface area (Å²) < 4.78 is 4.99. The Morgan fingerprint density at radius 3 is 2.88 bits per heavy atom. The van der Waals surface area contributed by atoms with Crippen molar-refractivity contribution in [2.45, 2.75) is 50.1 Å². The van der Waals surface area contributed by atoms with Crippen molar-refractivity contribution >= 4 is 5.97 Å². The minimum atomic E-state index is -0.412. The van der Waals surface area contributed by atoms with E-state index in [4.69, 9.17) is 4.74 Å². The number of carbonyl (C=O) groups is 1. The molecule has 2 heterocycles. The van der Waals surface area contributed by atoms with Crippen LogP contribution in [0.1, 0.15) is 38.5 Å².